The zero-order valence-electron chi connectivity index (χ0n) is 11.7. The predicted molar refractivity (Wildman–Crippen MR) is 70.4 cm³/mol. The molecule has 17 heavy (non-hydrogen) atoms. The van der Waals surface area contributed by atoms with Gasteiger partial charge in [0.1, 0.15) is 0 Å². The molecule has 0 amide bonds. The summed E-state index contributed by atoms with van der Waals surface area (Å²) in [6.07, 6.45) is 0. The highest BCUT2D eigenvalue weighted by Gasteiger charge is 2.26. The van der Waals surface area contributed by atoms with Gasteiger partial charge in [-0.25, -0.2) is 13.1 Å². The first kappa shape index (κ1) is 16.8. The summed E-state index contributed by atoms with van der Waals surface area (Å²) in [4.78, 5) is 1.82. The van der Waals surface area contributed by atoms with Gasteiger partial charge >= 0.3 is 0 Å². The van der Waals surface area contributed by atoms with Crippen molar-refractivity contribution < 1.29 is 13.5 Å². The highest BCUT2D eigenvalue weighted by Crippen LogP contribution is 2.15. The van der Waals surface area contributed by atoms with E-state index in [-0.39, 0.29) is 17.7 Å². The predicted octanol–water partition coefficient (Wildman–Crippen LogP) is 0.265. The van der Waals surface area contributed by atoms with E-state index in [0.29, 0.717) is 6.54 Å². The van der Waals surface area contributed by atoms with Crippen molar-refractivity contribution in [3.63, 3.8) is 0 Å². The lowest BCUT2D eigenvalue weighted by Gasteiger charge is -2.28. The summed E-state index contributed by atoms with van der Waals surface area (Å²) >= 11 is 0. The van der Waals surface area contributed by atoms with Crippen LogP contribution >= 0.6 is 0 Å². The minimum absolute atomic E-state index is 0.0313. The van der Waals surface area contributed by atoms with Gasteiger partial charge < -0.3 is 10.0 Å². The van der Waals surface area contributed by atoms with E-state index in [9.17, 15) is 13.5 Å². The molecule has 0 aromatic carbocycles. The molecule has 0 radical (unpaired) electrons. The molecule has 6 heteroatoms. The fraction of sp³-hybridized carbons (Fsp3) is 1.00. The van der Waals surface area contributed by atoms with Crippen molar-refractivity contribution >= 4 is 10.0 Å². The first-order valence-corrected chi connectivity index (χ1v) is 7.33. The Morgan fingerprint density at radius 2 is 1.65 bits per heavy atom. The van der Waals surface area contributed by atoms with Gasteiger partial charge in [0, 0.05) is 13.1 Å². The van der Waals surface area contributed by atoms with Crippen molar-refractivity contribution in [1.29, 1.82) is 0 Å². The molecule has 2 N–H and O–H groups in total. The molecular formula is C11H26N2O3S. The SMILES string of the molecule is CN(C)CC(C)(O)CNS(=O)(=O)CC(C)(C)C. The Labute approximate surface area is 105 Å². The van der Waals surface area contributed by atoms with Crippen molar-refractivity contribution in [1.82, 2.24) is 9.62 Å². The second-order valence-electron chi connectivity index (χ2n) is 6.38. The number of aliphatic hydroxyl groups is 1. The maximum absolute atomic E-state index is 11.7. The maximum atomic E-state index is 11.7. The molecule has 5 nitrogen and oxygen atoms in total. The molecule has 0 rings (SSSR count). The quantitative estimate of drug-likeness (QED) is 0.724. The third-order valence-electron chi connectivity index (χ3n) is 1.95. The molecule has 1 atom stereocenters. The summed E-state index contributed by atoms with van der Waals surface area (Å²) in [5.74, 6) is 0.0536. The Hall–Kier alpha value is -0.170. The fourth-order valence-electron chi connectivity index (χ4n) is 1.62. The zero-order valence-corrected chi connectivity index (χ0v) is 12.6. The summed E-state index contributed by atoms with van der Waals surface area (Å²) in [6.45, 7) is 7.65. The summed E-state index contributed by atoms with van der Waals surface area (Å²) in [5.41, 5.74) is -1.35. The third-order valence-corrected chi connectivity index (χ3v) is 3.78. The number of nitrogens with zero attached hydrogens (tertiary/aromatic N) is 1. The lowest BCUT2D eigenvalue weighted by molar-refractivity contribution is 0.0385. The van der Waals surface area contributed by atoms with Crippen LogP contribution in [0.2, 0.25) is 0 Å². The fourth-order valence-corrected chi connectivity index (χ4v) is 3.40. The number of rotatable bonds is 6. The van der Waals surface area contributed by atoms with Crippen LogP contribution in [0.5, 0.6) is 0 Å². The molecule has 0 aliphatic carbocycles. The Balaban J connectivity index is 4.37. The number of likely N-dealkylation sites (N-methyl/N-ethyl adjacent to an activating group) is 1. The first-order valence-electron chi connectivity index (χ1n) is 5.67. The summed E-state index contributed by atoms with van der Waals surface area (Å²) in [5, 5.41) is 9.98. The lowest BCUT2D eigenvalue weighted by atomic mass is 10.0. The third kappa shape index (κ3) is 9.52. The van der Waals surface area contributed by atoms with Crippen LogP contribution in [0, 0.1) is 5.41 Å². The summed E-state index contributed by atoms with van der Waals surface area (Å²) in [7, 11) is 0.326. The maximum Gasteiger partial charge on any atom is 0.212 e. The second-order valence-corrected chi connectivity index (χ2v) is 8.18. The largest absolute Gasteiger partial charge is 0.387 e. The standard InChI is InChI=1S/C11H26N2O3S/c1-10(2,3)9-17(15,16)12-7-11(4,14)8-13(5)6/h12,14H,7-9H2,1-6H3. The van der Waals surface area contributed by atoms with E-state index in [4.69, 9.17) is 0 Å². The average molecular weight is 266 g/mol. The van der Waals surface area contributed by atoms with Crippen LogP contribution in [0.4, 0.5) is 0 Å². The molecule has 0 saturated carbocycles. The molecule has 0 bridgehead atoms. The van der Waals surface area contributed by atoms with E-state index in [1.165, 1.54) is 0 Å². The normalized spacial score (nSPS) is 17.2. The van der Waals surface area contributed by atoms with Gasteiger partial charge in [-0.1, -0.05) is 20.8 Å². The highest BCUT2D eigenvalue weighted by molar-refractivity contribution is 7.89. The number of hydrogen-bond donors (Lipinski definition) is 2. The molecule has 0 fully saturated rings. The van der Waals surface area contributed by atoms with Crippen LogP contribution in [-0.4, -0.2) is 57.0 Å². The number of hydrogen-bond acceptors (Lipinski definition) is 4. The van der Waals surface area contributed by atoms with Crippen molar-refractivity contribution in [3.05, 3.63) is 0 Å². The van der Waals surface area contributed by atoms with E-state index in [2.05, 4.69) is 4.72 Å². The van der Waals surface area contributed by atoms with Gasteiger partial charge in [-0.3, -0.25) is 0 Å². The van der Waals surface area contributed by atoms with E-state index in [0.717, 1.165) is 0 Å². The Bertz CT molecular complexity index is 329. The van der Waals surface area contributed by atoms with Crippen LogP contribution in [0.3, 0.4) is 0 Å². The zero-order chi connectivity index (χ0) is 13.9. The van der Waals surface area contributed by atoms with E-state index in [1.54, 1.807) is 6.92 Å². The van der Waals surface area contributed by atoms with Crippen LogP contribution in [-0.2, 0) is 10.0 Å². The van der Waals surface area contributed by atoms with Crippen molar-refractivity contribution in [2.24, 2.45) is 5.41 Å². The van der Waals surface area contributed by atoms with Gasteiger partial charge in [-0.2, -0.15) is 0 Å². The first-order chi connectivity index (χ1) is 7.33. The topological polar surface area (TPSA) is 69.6 Å². The summed E-state index contributed by atoms with van der Waals surface area (Å²) < 4.78 is 25.9. The molecule has 0 heterocycles. The molecule has 0 aliphatic rings. The van der Waals surface area contributed by atoms with Crippen molar-refractivity contribution in [2.75, 3.05) is 32.9 Å². The molecule has 0 saturated heterocycles. The molecule has 0 aromatic heterocycles. The van der Waals surface area contributed by atoms with Gasteiger partial charge in [0.05, 0.1) is 11.4 Å². The van der Waals surface area contributed by atoms with E-state index >= 15 is 0 Å². The Morgan fingerprint density at radius 3 is 2.00 bits per heavy atom. The Morgan fingerprint density at radius 1 is 1.18 bits per heavy atom. The minimum Gasteiger partial charge on any atom is -0.387 e. The molecule has 0 aromatic rings. The molecule has 104 valence electrons. The summed E-state index contributed by atoms with van der Waals surface area (Å²) in [6, 6.07) is 0. The second kappa shape index (κ2) is 5.65. The van der Waals surface area contributed by atoms with Crippen LogP contribution < -0.4 is 4.72 Å². The van der Waals surface area contributed by atoms with E-state index in [1.807, 2.05) is 39.8 Å². The van der Waals surface area contributed by atoms with Crippen LogP contribution in [0.25, 0.3) is 0 Å². The number of nitrogens with one attached hydrogen (secondary N) is 1. The van der Waals surface area contributed by atoms with E-state index < -0.39 is 15.6 Å². The monoisotopic (exact) mass is 266 g/mol. The van der Waals surface area contributed by atoms with Gasteiger partial charge in [0.25, 0.3) is 0 Å². The molecule has 0 spiro atoms. The minimum atomic E-state index is -3.34. The number of sulfonamides is 1. The smallest absolute Gasteiger partial charge is 0.212 e. The van der Waals surface area contributed by atoms with Crippen molar-refractivity contribution in [2.45, 2.75) is 33.3 Å². The van der Waals surface area contributed by atoms with Crippen molar-refractivity contribution in [3.8, 4) is 0 Å². The molecule has 0 aliphatic heterocycles. The Kier molecular flexibility index (Phi) is 5.59. The average Bonchev–Trinajstić information content (AvgIpc) is 1.94. The highest BCUT2D eigenvalue weighted by atomic mass is 32.2. The van der Waals surface area contributed by atoms with Gasteiger partial charge in [0.2, 0.25) is 10.0 Å². The van der Waals surface area contributed by atoms with Gasteiger partial charge in [0.15, 0.2) is 0 Å². The van der Waals surface area contributed by atoms with Crippen LogP contribution in [0.1, 0.15) is 27.7 Å². The molecular weight excluding hydrogens is 240 g/mol. The lowest BCUT2D eigenvalue weighted by Crippen LogP contribution is -2.48. The van der Waals surface area contributed by atoms with Crippen LogP contribution in [0.15, 0.2) is 0 Å². The van der Waals surface area contributed by atoms with Gasteiger partial charge in [-0.05, 0) is 26.4 Å². The van der Waals surface area contributed by atoms with Gasteiger partial charge in [-0.15, -0.1) is 0 Å². The molecule has 1 unspecified atom stereocenters.